The van der Waals surface area contributed by atoms with Crippen molar-refractivity contribution in [2.75, 3.05) is 0 Å². The molecule has 3 N–H and O–H groups in total. The lowest BCUT2D eigenvalue weighted by molar-refractivity contribution is -0.385. The van der Waals surface area contributed by atoms with Gasteiger partial charge >= 0.3 is 0 Å². The van der Waals surface area contributed by atoms with Gasteiger partial charge < -0.3 is 11.1 Å². The predicted octanol–water partition coefficient (Wildman–Crippen LogP) is 1.29. The minimum atomic E-state index is -1.11. The van der Waals surface area contributed by atoms with Crippen LogP contribution < -0.4 is 11.1 Å². The van der Waals surface area contributed by atoms with Crippen molar-refractivity contribution in [3.05, 3.63) is 75.3 Å². The number of nitrogens with one attached hydrogen (secondary N) is 1. The van der Waals surface area contributed by atoms with Crippen LogP contribution in [0.5, 0.6) is 0 Å². The van der Waals surface area contributed by atoms with Crippen LogP contribution in [0.4, 0.5) is 5.69 Å². The van der Waals surface area contributed by atoms with Crippen molar-refractivity contribution in [2.24, 2.45) is 5.73 Å². The molecule has 0 radical (unpaired) electrons. The van der Waals surface area contributed by atoms with E-state index < -0.39 is 22.8 Å². The molecule has 0 aliphatic heterocycles. The average molecular weight is 338 g/mol. The number of primary amides is 1. The quantitative estimate of drug-likeness (QED) is 0.603. The van der Waals surface area contributed by atoms with Crippen LogP contribution in [0.25, 0.3) is 0 Å². The number of para-hydroxylation sites is 1. The van der Waals surface area contributed by atoms with Crippen molar-refractivity contribution in [3.8, 4) is 6.07 Å². The van der Waals surface area contributed by atoms with Crippen LogP contribution in [0, 0.1) is 21.4 Å². The first kappa shape index (κ1) is 17.6. The van der Waals surface area contributed by atoms with Gasteiger partial charge in [0.25, 0.3) is 11.6 Å². The fourth-order valence-electron chi connectivity index (χ4n) is 2.24. The highest BCUT2D eigenvalue weighted by Crippen LogP contribution is 2.19. The number of nitriles is 1. The van der Waals surface area contributed by atoms with E-state index in [0.29, 0.717) is 5.56 Å². The number of nitro benzene ring substituents is 1. The largest absolute Gasteiger partial charge is 0.368 e. The lowest BCUT2D eigenvalue weighted by Gasteiger charge is -2.15. The van der Waals surface area contributed by atoms with Crippen LogP contribution in [0.2, 0.25) is 0 Å². The molecule has 8 nitrogen and oxygen atoms in total. The van der Waals surface area contributed by atoms with Gasteiger partial charge in [0.1, 0.15) is 6.04 Å². The molecule has 2 aromatic carbocycles. The molecule has 0 aliphatic carbocycles. The first-order valence-electron chi connectivity index (χ1n) is 7.25. The minimum absolute atomic E-state index is 0.103. The standard InChI is InChI=1S/C17H14N4O4/c18-10-11-5-7-12(8-6-11)17(23)20-14(16(19)22)9-13-3-1-2-4-15(13)21(24)25/h1-8,14H,9H2,(H2,19,22)(H,20,23)/t14-/m1/s1. The Morgan fingerprint density at radius 3 is 2.40 bits per heavy atom. The Morgan fingerprint density at radius 2 is 1.84 bits per heavy atom. The summed E-state index contributed by atoms with van der Waals surface area (Å²) in [5.74, 6) is -1.37. The van der Waals surface area contributed by atoms with E-state index in [-0.39, 0.29) is 23.2 Å². The molecule has 2 aromatic rings. The highest BCUT2D eigenvalue weighted by molar-refractivity contribution is 5.97. The summed E-state index contributed by atoms with van der Waals surface area (Å²) in [6.07, 6.45) is -0.103. The van der Waals surface area contributed by atoms with Gasteiger partial charge in [-0.15, -0.1) is 0 Å². The normalized spacial score (nSPS) is 11.2. The third-order valence-corrected chi connectivity index (χ3v) is 3.54. The molecule has 126 valence electrons. The Labute approximate surface area is 143 Å². The van der Waals surface area contributed by atoms with Crippen molar-refractivity contribution >= 4 is 17.5 Å². The number of amides is 2. The van der Waals surface area contributed by atoms with E-state index in [1.54, 1.807) is 6.07 Å². The topological polar surface area (TPSA) is 139 Å². The molecule has 25 heavy (non-hydrogen) atoms. The van der Waals surface area contributed by atoms with Crippen LogP contribution >= 0.6 is 0 Å². The zero-order valence-corrected chi connectivity index (χ0v) is 13.0. The second-order valence-corrected chi connectivity index (χ2v) is 5.21. The summed E-state index contributed by atoms with van der Waals surface area (Å²) >= 11 is 0. The number of hydrogen-bond donors (Lipinski definition) is 2. The number of nitro groups is 1. The SMILES string of the molecule is N#Cc1ccc(C(=O)N[C@H](Cc2ccccc2[N+](=O)[O-])C(N)=O)cc1. The second kappa shape index (κ2) is 7.70. The lowest BCUT2D eigenvalue weighted by atomic mass is 10.0. The molecule has 0 unspecified atom stereocenters. The summed E-state index contributed by atoms with van der Waals surface area (Å²) in [5, 5.41) is 22.3. The number of carbonyl (C=O) groups is 2. The summed E-state index contributed by atoms with van der Waals surface area (Å²) in [4.78, 5) is 34.4. The Balaban J connectivity index is 2.19. The maximum absolute atomic E-state index is 12.2. The number of rotatable bonds is 6. The van der Waals surface area contributed by atoms with Gasteiger partial charge in [-0.05, 0) is 24.3 Å². The van der Waals surface area contributed by atoms with Gasteiger partial charge in [-0.1, -0.05) is 18.2 Å². The Bertz CT molecular complexity index is 856. The minimum Gasteiger partial charge on any atom is -0.368 e. The van der Waals surface area contributed by atoms with E-state index in [2.05, 4.69) is 5.32 Å². The van der Waals surface area contributed by atoms with Gasteiger partial charge in [0, 0.05) is 23.6 Å². The highest BCUT2D eigenvalue weighted by atomic mass is 16.6. The molecule has 0 bridgehead atoms. The van der Waals surface area contributed by atoms with Crippen molar-refractivity contribution in [3.63, 3.8) is 0 Å². The summed E-state index contributed by atoms with van der Waals surface area (Å²) < 4.78 is 0. The van der Waals surface area contributed by atoms with Crippen molar-refractivity contribution < 1.29 is 14.5 Å². The van der Waals surface area contributed by atoms with E-state index in [1.807, 2.05) is 6.07 Å². The van der Waals surface area contributed by atoms with Crippen molar-refractivity contribution in [1.29, 1.82) is 5.26 Å². The van der Waals surface area contributed by atoms with Crippen LogP contribution in [0.1, 0.15) is 21.5 Å². The maximum atomic E-state index is 12.2. The van der Waals surface area contributed by atoms with E-state index >= 15 is 0 Å². The molecule has 0 saturated heterocycles. The molecule has 0 fully saturated rings. The Hall–Kier alpha value is -3.73. The van der Waals surface area contributed by atoms with Gasteiger partial charge in [-0.3, -0.25) is 19.7 Å². The summed E-state index contributed by atoms with van der Waals surface area (Å²) in [7, 11) is 0. The summed E-state index contributed by atoms with van der Waals surface area (Å²) in [5.41, 5.74) is 6.09. The third-order valence-electron chi connectivity index (χ3n) is 3.54. The van der Waals surface area contributed by atoms with Crippen LogP contribution in [0.3, 0.4) is 0 Å². The van der Waals surface area contributed by atoms with Crippen LogP contribution in [0.15, 0.2) is 48.5 Å². The molecule has 0 aromatic heterocycles. The average Bonchev–Trinajstić information content (AvgIpc) is 2.61. The molecule has 1 atom stereocenters. The monoisotopic (exact) mass is 338 g/mol. The van der Waals surface area contributed by atoms with Gasteiger partial charge in [-0.2, -0.15) is 5.26 Å². The predicted molar refractivity (Wildman–Crippen MR) is 88.4 cm³/mol. The fraction of sp³-hybridized carbons (Fsp3) is 0.118. The van der Waals surface area contributed by atoms with Crippen molar-refractivity contribution in [1.82, 2.24) is 5.32 Å². The molecule has 0 aliphatic rings. The van der Waals surface area contributed by atoms with Gasteiger partial charge in [0.05, 0.1) is 16.6 Å². The molecule has 0 saturated carbocycles. The maximum Gasteiger partial charge on any atom is 0.272 e. The third kappa shape index (κ3) is 4.39. The number of hydrogen-bond acceptors (Lipinski definition) is 5. The molecule has 0 heterocycles. The number of carbonyl (C=O) groups excluding carboxylic acids is 2. The van der Waals surface area contributed by atoms with Gasteiger partial charge in [0.15, 0.2) is 0 Å². The number of nitrogens with two attached hydrogens (primary N) is 1. The highest BCUT2D eigenvalue weighted by Gasteiger charge is 2.23. The molecular weight excluding hydrogens is 324 g/mol. The summed E-state index contributed by atoms with van der Waals surface area (Å²) in [6.45, 7) is 0. The second-order valence-electron chi connectivity index (χ2n) is 5.21. The zero-order chi connectivity index (χ0) is 18.4. The van der Waals surface area contributed by atoms with Crippen molar-refractivity contribution in [2.45, 2.75) is 12.5 Å². The smallest absolute Gasteiger partial charge is 0.272 e. The molecule has 0 spiro atoms. The Morgan fingerprint density at radius 1 is 1.20 bits per heavy atom. The van der Waals surface area contributed by atoms with E-state index in [1.165, 1.54) is 42.5 Å². The molecule has 8 heteroatoms. The van der Waals surface area contributed by atoms with Gasteiger partial charge in [0.2, 0.25) is 5.91 Å². The molecule has 2 amide bonds. The molecule has 2 rings (SSSR count). The van der Waals surface area contributed by atoms with E-state index in [0.717, 1.165) is 0 Å². The lowest BCUT2D eigenvalue weighted by Crippen LogP contribution is -2.45. The number of nitrogens with zero attached hydrogens (tertiary/aromatic N) is 2. The van der Waals surface area contributed by atoms with Crippen LogP contribution in [-0.4, -0.2) is 22.8 Å². The number of benzene rings is 2. The Kier molecular flexibility index (Phi) is 5.43. The molecular formula is C17H14N4O4. The first-order valence-corrected chi connectivity index (χ1v) is 7.25. The van der Waals surface area contributed by atoms with E-state index in [4.69, 9.17) is 11.0 Å². The van der Waals surface area contributed by atoms with Gasteiger partial charge in [-0.25, -0.2) is 0 Å². The van der Waals surface area contributed by atoms with Crippen LogP contribution in [-0.2, 0) is 11.2 Å². The fourth-order valence-corrected chi connectivity index (χ4v) is 2.24. The summed E-state index contributed by atoms with van der Waals surface area (Å²) in [6, 6.07) is 12.6. The first-order chi connectivity index (χ1) is 11.9. The van der Waals surface area contributed by atoms with E-state index in [9.17, 15) is 19.7 Å². The zero-order valence-electron chi connectivity index (χ0n) is 13.0.